The van der Waals surface area contributed by atoms with Gasteiger partial charge in [0.05, 0.1) is 17.0 Å². The summed E-state index contributed by atoms with van der Waals surface area (Å²) in [6, 6.07) is 6.62. The lowest BCUT2D eigenvalue weighted by molar-refractivity contribution is -0.113. The molecular weight excluding hydrogens is 326 g/mol. The zero-order valence-corrected chi connectivity index (χ0v) is 14.2. The number of thioether (sulfide) groups is 1. The average molecular weight is 345 g/mol. The summed E-state index contributed by atoms with van der Waals surface area (Å²) in [6.45, 7) is 6.30. The van der Waals surface area contributed by atoms with Crippen molar-refractivity contribution in [3.05, 3.63) is 48.3 Å². The minimum Gasteiger partial charge on any atom is -0.366 e. The Balaban J connectivity index is 2.03. The van der Waals surface area contributed by atoms with E-state index in [-0.39, 0.29) is 17.2 Å². The molecular formula is C16H19N5O2S. The molecule has 0 aliphatic carbocycles. The van der Waals surface area contributed by atoms with Crippen molar-refractivity contribution in [3.8, 4) is 0 Å². The second-order valence-corrected chi connectivity index (χ2v) is 5.84. The highest BCUT2D eigenvalue weighted by Gasteiger charge is 2.14. The molecule has 0 radical (unpaired) electrons. The fraction of sp³-hybridized carbons (Fsp3) is 0.250. The van der Waals surface area contributed by atoms with Crippen molar-refractivity contribution >= 4 is 29.3 Å². The molecule has 0 fully saturated rings. The molecule has 0 saturated heterocycles. The van der Waals surface area contributed by atoms with Gasteiger partial charge in [-0.1, -0.05) is 36.9 Å². The number of hydrogen-bond donors (Lipinski definition) is 2. The number of nitrogens with one attached hydrogen (secondary N) is 1. The molecule has 0 atom stereocenters. The standard InChI is InChI=1S/C16H19N5O2S/c1-3-9-21-13(4-2)19-20-16(21)24-10-14(22)18-12-8-6-5-7-11(12)15(17)23/h3,5-8H,1,4,9-10H2,2H3,(H2,17,23)(H,18,22). The summed E-state index contributed by atoms with van der Waals surface area (Å²) >= 11 is 1.28. The van der Waals surface area contributed by atoms with Crippen LogP contribution in [0.5, 0.6) is 0 Å². The first-order chi connectivity index (χ1) is 11.6. The van der Waals surface area contributed by atoms with Gasteiger partial charge in [-0.25, -0.2) is 0 Å². The number of benzene rings is 1. The molecule has 2 rings (SSSR count). The molecule has 126 valence electrons. The van der Waals surface area contributed by atoms with Crippen LogP contribution >= 0.6 is 11.8 Å². The molecule has 0 bridgehead atoms. The smallest absolute Gasteiger partial charge is 0.250 e. The van der Waals surface area contributed by atoms with Crippen LogP contribution < -0.4 is 11.1 Å². The van der Waals surface area contributed by atoms with Crippen molar-refractivity contribution < 1.29 is 9.59 Å². The fourth-order valence-corrected chi connectivity index (χ4v) is 2.89. The molecule has 0 spiro atoms. The van der Waals surface area contributed by atoms with Gasteiger partial charge in [0.2, 0.25) is 5.91 Å². The van der Waals surface area contributed by atoms with Gasteiger partial charge >= 0.3 is 0 Å². The number of para-hydroxylation sites is 1. The maximum Gasteiger partial charge on any atom is 0.250 e. The van der Waals surface area contributed by atoms with Gasteiger partial charge in [-0.3, -0.25) is 9.59 Å². The molecule has 0 unspecified atom stereocenters. The number of primary amides is 1. The van der Waals surface area contributed by atoms with Gasteiger partial charge < -0.3 is 15.6 Å². The molecule has 1 aromatic carbocycles. The van der Waals surface area contributed by atoms with E-state index in [0.717, 1.165) is 12.2 Å². The van der Waals surface area contributed by atoms with E-state index in [9.17, 15) is 9.59 Å². The van der Waals surface area contributed by atoms with Crippen LogP contribution in [0.1, 0.15) is 23.1 Å². The van der Waals surface area contributed by atoms with Crippen LogP contribution in [0.25, 0.3) is 0 Å². The first-order valence-electron chi connectivity index (χ1n) is 7.41. The van der Waals surface area contributed by atoms with E-state index in [1.165, 1.54) is 11.8 Å². The summed E-state index contributed by atoms with van der Waals surface area (Å²) in [5.41, 5.74) is 5.98. The molecule has 7 nitrogen and oxygen atoms in total. The second kappa shape index (κ2) is 8.30. The van der Waals surface area contributed by atoms with Gasteiger partial charge in [0.15, 0.2) is 5.16 Å². The number of amides is 2. The number of carbonyl (C=O) groups excluding carboxylic acids is 2. The number of aryl methyl sites for hydroxylation is 1. The molecule has 1 aromatic heterocycles. The van der Waals surface area contributed by atoms with Crippen molar-refractivity contribution in [1.29, 1.82) is 0 Å². The monoisotopic (exact) mass is 345 g/mol. The van der Waals surface area contributed by atoms with E-state index in [2.05, 4.69) is 22.1 Å². The third-order valence-corrected chi connectivity index (χ3v) is 4.19. The summed E-state index contributed by atoms with van der Waals surface area (Å²) < 4.78 is 1.92. The lowest BCUT2D eigenvalue weighted by Crippen LogP contribution is -2.19. The van der Waals surface area contributed by atoms with Crippen molar-refractivity contribution in [2.45, 2.75) is 25.0 Å². The third-order valence-electron chi connectivity index (χ3n) is 3.22. The molecule has 2 aromatic rings. The van der Waals surface area contributed by atoms with E-state index in [1.54, 1.807) is 30.3 Å². The molecule has 0 saturated carbocycles. The van der Waals surface area contributed by atoms with E-state index >= 15 is 0 Å². The Bertz CT molecular complexity index is 757. The molecule has 0 aliphatic rings. The molecule has 2 amide bonds. The van der Waals surface area contributed by atoms with E-state index < -0.39 is 5.91 Å². The number of aromatic nitrogens is 3. The third kappa shape index (κ3) is 4.23. The number of nitrogens with zero attached hydrogens (tertiary/aromatic N) is 3. The Kier molecular flexibility index (Phi) is 6.14. The summed E-state index contributed by atoms with van der Waals surface area (Å²) in [5.74, 6) is 0.153. The maximum absolute atomic E-state index is 12.1. The second-order valence-electron chi connectivity index (χ2n) is 4.90. The van der Waals surface area contributed by atoms with E-state index in [1.807, 2.05) is 11.5 Å². The predicted octanol–water partition coefficient (Wildman–Crippen LogP) is 1.86. The van der Waals surface area contributed by atoms with Gasteiger partial charge in [-0.05, 0) is 12.1 Å². The first kappa shape index (κ1) is 17.7. The van der Waals surface area contributed by atoms with Crippen LogP contribution in [0.15, 0.2) is 42.1 Å². The lowest BCUT2D eigenvalue weighted by atomic mass is 10.1. The number of allylic oxidation sites excluding steroid dienone is 1. The molecule has 1 heterocycles. The Morgan fingerprint density at radius 1 is 1.38 bits per heavy atom. The molecule has 0 aliphatic heterocycles. The first-order valence-corrected chi connectivity index (χ1v) is 8.39. The van der Waals surface area contributed by atoms with Crippen molar-refractivity contribution in [3.63, 3.8) is 0 Å². The Morgan fingerprint density at radius 2 is 2.12 bits per heavy atom. The topological polar surface area (TPSA) is 103 Å². The predicted molar refractivity (Wildman–Crippen MR) is 93.9 cm³/mol. The van der Waals surface area contributed by atoms with E-state index in [4.69, 9.17) is 5.73 Å². The molecule has 3 N–H and O–H groups in total. The summed E-state index contributed by atoms with van der Waals surface area (Å²) in [4.78, 5) is 23.5. The van der Waals surface area contributed by atoms with Crippen LogP contribution in [0.3, 0.4) is 0 Å². The quantitative estimate of drug-likeness (QED) is 0.561. The summed E-state index contributed by atoms with van der Waals surface area (Å²) in [7, 11) is 0. The fourth-order valence-electron chi connectivity index (χ4n) is 2.12. The average Bonchev–Trinajstić information content (AvgIpc) is 2.95. The minimum absolute atomic E-state index is 0.145. The molecule has 24 heavy (non-hydrogen) atoms. The van der Waals surface area contributed by atoms with Gasteiger partial charge in [0.25, 0.3) is 5.91 Å². The number of carbonyl (C=O) groups is 2. The van der Waals surface area contributed by atoms with Crippen molar-refractivity contribution in [2.75, 3.05) is 11.1 Å². The zero-order valence-electron chi connectivity index (χ0n) is 13.4. The number of anilines is 1. The van der Waals surface area contributed by atoms with E-state index in [0.29, 0.717) is 17.4 Å². The van der Waals surface area contributed by atoms with Crippen LogP contribution in [0.2, 0.25) is 0 Å². The Morgan fingerprint density at radius 3 is 2.79 bits per heavy atom. The van der Waals surface area contributed by atoms with Crippen molar-refractivity contribution in [1.82, 2.24) is 14.8 Å². The largest absolute Gasteiger partial charge is 0.366 e. The highest BCUT2D eigenvalue weighted by atomic mass is 32.2. The van der Waals surface area contributed by atoms with Gasteiger partial charge in [0, 0.05) is 13.0 Å². The van der Waals surface area contributed by atoms with Crippen LogP contribution in [-0.4, -0.2) is 32.3 Å². The minimum atomic E-state index is -0.586. The number of rotatable bonds is 8. The van der Waals surface area contributed by atoms with Crippen LogP contribution in [0.4, 0.5) is 5.69 Å². The summed E-state index contributed by atoms with van der Waals surface area (Å²) in [5, 5.41) is 11.6. The number of hydrogen-bond acceptors (Lipinski definition) is 5. The van der Waals surface area contributed by atoms with Gasteiger partial charge in [-0.15, -0.1) is 16.8 Å². The van der Waals surface area contributed by atoms with Crippen molar-refractivity contribution in [2.24, 2.45) is 5.73 Å². The number of nitrogens with two attached hydrogens (primary N) is 1. The van der Waals surface area contributed by atoms with Crippen LogP contribution in [0, 0.1) is 0 Å². The van der Waals surface area contributed by atoms with Crippen LogP contribution in [-0.2, 0) is 17.8 Å². The Labute approximate surface area is 144 Å². The highest BCUT2D eigenvalue weighted by Crippen LogP contribution is 2.19. The molecule has 8 heteroatoms. The van der Waals surface area contributed by atoms with Gasteiger partial charge in [-0.2, -0.15) is 0 Å². The maximum atomic E-state index is 12.1. The SMILES string of the molecule is C=CCn1c(CC)nnc1SCC(=O)Nc1ccccc1C(N)=O. The van der Waals surface area contributed by atoms with Gasteiger partial charge in [0.1, 0.15) is 5.82 Å². The highest BCUT2D eigenvalue weighted by molar-refractivity contribution is 7.99. The lowest BCUT2D eigenvalue weighted by Gasteiger charge is -2.09. The zero-order chi connectivity index (χ0) is 17.5. The Hall–Kier alpha value is -2.61. The normalized spacial score (nSPS) is 10.4. The summed E-state index contributed by atoms with van der Waals surface area (Å²) in [6.07, 6.45) is 2.51.